The van der Waals surface area contributed by atoms with Crippen LogP contribution < -0.4 is 5.43 Å². The summed E-state index contributed by atoms with van der Waals surface area (Å²) in [6.07, 6.45) is 0. The molecule has 0 aliphatic carbocycles. The first-order chi connectivity index (χ1) is 6.99. The molecular formula is C8H5Cl3N2O2. The molecule has 1 aromatic carbocycles. The molecule has 0 atom stereocenters. The highest BCUT2D eigenvalue weighted by Gasteiger charge is 2.04. The largest absolute Gasteiger partial charge is 0.476 e. The van der Waals surface area contributed by atoms with Crippen LogP contribution in [0.15, 0.2) is 23.3 Å². The van der Waals surface area contributed by atoms with Crippen LogP contribution in [-0.4, -0.2) is 16.2 Å². The lowest BCUT2D eigenvalue weighted by atomic mass is 10.3. The van der Waals surface area contributed by atoms with Crippen molar-refractivity contribution in [3.8, 4) is 0 Å². The van der Waals surface area contributed by atoms with E-state index in [0.717, 1.165) is 0 Å². The Kier molecular flexibility index (Phi) is 4.20. The van der Waals surface area contributed by atoms with Crippen LogP contribution in [0.5, 0.6) is 0 Å². The van der Waals surface area contributed by atoms with Crippen molar-refractivity contribution in [1.29, 1.82) is 0 Å². The van der Waals surface area contributed by atoms with Crippen molar-refractivity contribution in [3.63, 3.8) is 0 Å². The minimum atomic E-state index is -1.32. The number of anilines is 1. The van der Waals surface area contributed by atoms with Gasteiger partial charge >= 0.3 is 5.97 Å². The zero-order valence-corrected chi connectivity index (χ0v) is 9.44. The molecule has 0 heterocycles. The molecule has 7 heteroatoms. The van der Waals surface area contributed by atoms with E-state index in [1.54, 1.807) is 0 Å². The van der Waals surface area contributed by atoms with Crippen molar-refractivity contribution in [2.75, 3.05) is 5.43 Å². The highest BCUT2D eigenvalue weighted by Crippen LogP contribution is 2.22. The monoisotopic (exact) mass is 266 g/mol. The number of rotatable bonds is 3. The third-order valence-electron chi connectivity index (χ3n) is 1.32. The van der Waals surface area contributed by atoms with E-state index in [0.29, 0.717) is 15.7 Å². The minimum Gasteiger partial charge on any atom is -0.476 e. The van der Waals surface area contributed by atoms with Crippen LogP contribution in [0.3, 0.4) is 0 Å². The number of carboxylic acids is 1. The molecule has 0 aromatic heterocycles. The van der Waals surface area contributed by atoms with Crippen LogP contribution in [0.1, 0.15) is 0 Å². The van der Waals surface area contributed by atoms with Crippen LogP contribution in [0, 0.1) is 0 Å². The normalized spacial score (nSPS) is 11.3. The van der Waals surface area contributed by atoms with Crippen LogP contribution in [0.4, 0.5) is 5.69 Å². The summed E-state index contributed by atoms with van der Waals surface area (Å²) in [4.78, 5) is 10.3. The zero-order valence-electron chi connectivity index (χ0n) is 7.17. The van der Waals surface area contributed by atoms with Crippen LogP contribution in [-0.2, 0) is 4.79 Å². The van der Waals surface area contributed by atoms with Gasteiger partial charge in [-0.2, -0.15) is 5.10 Å². The van der Waals surface area contributed by atoms with Gasteiger partial charge in [0.25, 0.3) is 0 Å². The predicted octanol–water partition coefficient (Wildman–Crippen LogP) is 3.04. The number of hydrogen-bond acceptors (Lipinski definition) is 3. The fourth-order valence-corrected chi connectivity index (χ4v) is 1.35. The lowest BCUT2D eigenvalue weighted by molar-refractivity contribution is -0.129. The van der Waals surface area contributed by atoms with E-state index >= 15 is 0 Å². The molecular weight excluding hydrogens is 262 g/mol. The van der Waals surface area contributed by atoms with E-state index in [-0.39, 0.29) is 0 Å². The van der Waals surface area contributed by atoms with Crippen molar-refractivity contribution in [3.05, 3.63) is 28.2 Å². The second kappa shape index (κ2) is 5.21. The average Bonchev–Trinajstić information content (AvgIpc) is 2.12. The lowest BCUT2D eigenvalue weighted by Crippen LogP contribution is -2.07. The van der Waals surface area contributed by atoms with Gasteiger partial charge in [0, 0.05) is 10.0 Å². The minimum absolute atomic E-state index is 0.409. The molecule has 0 amide bonds. The summed E-state index contributed by atoms with van der Waals surface area (Å²) in [7, 11) is 0. The summed E-state index contributed by atoms with van der Waals surface area (Å²) in [6.45, 7) is 0. The molecule has 0 saturated carbocycles. The Morgan fingerprint density at radius 1 is 1.27 bits per heavy atom. The quantitative estimate of drug-likeness (QED) is 0.653. The van der Waals surface area contributed by atoms with E-state index in [1.165, 1.54) is 18.2 Å². The second-order valence-corrected chi connectivity index (χ2v) is 3.71. The summed E-state index contributed by atoms with van der Waals surface area (Å²) in [5.74, 6) is -1.32. The Morgan fingerprint density at radius 2 is 1.80 bits per heavy atom. The van der Waals surface area contributed by atoms with Crippen molar-refractivity contribution >= 4 is 51.6 Å². The number of benzene rings is 1. The van der Waals surface area contributed by atoms with E-state index in [1.807, 2.05) is 0 Å². The van der Waals surface area contributed by atoms with Crippen LogP contribution in [0.25, 0.3) is 0 Å². The number of hydrazone groups is 1. The van der Waals surface area contributed by atoms with Gasteiger partial charge in [-0.15, -0.1) is 0 Å². The second-order valence-electron chi connectivity index (χ2n) is 2.48. The molecule has 4 nitrogen and oxygen atoms in total. The number of carboxylic acid groups (broad SMARTS) is 1. The number of carbonyl (C=O) groups is 1. The molecule has 0 radical (unpaired) electrons. The molecule has 0 unspecified atom stereocenters. The molecule has 0 bridgehead atoms. The maximum Gasteiger partial charge on any atom is 0.368 e. The SMILES string of the molecule is O=C(O)/C(Cl)=N\Nc1cc(Cl)cc(Cl)c1. The van der Waals surface area contributed by atoms with Crippen LogP contribution >= 0.6 is 34.8 Å². The Hall–Kier alpha value is -0.970. The highest BCUT2D eigenvalue weighted by molar-refractivity contribution is 6.81. The molecule has 15 heavy (non-hydrogen) atoms. The maximum atomic E-state index is 10.3. The molecule has 80 valence electrons. The average molecular weight is 267 g/mol. The van der Waals surface area contributed by atoms with Crippen LogP contribution in [0.2, 0.25) is 10.0 Å². The maximum absolute atomic E-state index is 10.3. The van der Waals surface area contributed by atoms with Gasteiger partial charge in [-0.25, -0.2) is 4.79 Å². The Balaban J connectivity index is 2.82. The molecule has 0 aliphatic rings. The van der Waals surface area contributed by atoms with Gasteiger partial charge in [0.15, 0.2) is 0 Å². The molecule has 2 N–H and O–H groups in total. The Labute approximate surface area is 100 Å². The predicted molar refractivity (Wildman–Crippen MR) is 61.0 cm³/mol. The first kappa shape index (κ1) is 12.1. The summed E-state index contributed by atoms with van der Waals surface area (Å²) in [6, 6.07) is 4.60. The first-order valence-corrected chi connectivity index (χ1v) is 4.81. The Morgan fingerprint density at radius 3 is 2.27 bits per heavy atom. The fourth-order valence-electron chi connectivity index (χ4n) is 0.780. The van der Waals surface area contributed by atoms with Crippen molar-refractivity contribution < 1.29 is 9.90 Å². The van der Waals surface area contributed by atoms with E-state index in [4.69, 9.17) is 39.9 Å². The van der Waals surface area contributed by atoms with Gasteiger partial charge in [-0.3, -0.25) is 5.43 Å². The van der Waals surface area contributed by atoms with Gasteiger partial charge < -0.3 is 5.11 Å². The van der Waals surface area contributed by atoms with Gasteiger partial charge in [-0.05, 0) is 18.2 Å². The van der Waals surface area contributed by atoms with Gasteiger partial charge in [0.1, 0.15) is 0 Å². The Bertz CT molecular complexity index is 400. The van der Waals surface area contributed by atoms with Crippen molar-refractivity contribution in [2.24, 2.45) is 5.10 Å². The summed E-state index contributed by atoms with van der Waals surface area (Å²) >= 11 is 16.7. The number of hydrogen-bond donors (Lipinski definition) is 2. The summed E-state index contributed by atoms with van der Waals surface area (Å²) < 4.78 is 0. The van der Waals surface area contributed by atoms with Crippen molar-refractivity contribution in [1.82, 2.24) is 0 Å². The molecule has 0 saturated heterocycles. The van der Waals surface area contributed by atoms with Crippen molar-refractivity contribution in [2.45, 2.75) is 0 Å². The van der Waals surface area contributed by atoms with Gasteiger partial charge in [-0.1, -0.05) is 34.8 Å². The molecule has 0 aliphatic heterocycles. The fraction of sp³-hybridized carbons (Fsp3) is 0. The van der Waals surface area contributed by atoms with E-state index in [2.05, 4.69) is 10.5 Å². The highest BCUT2D eigenvalue weighted by atomic mass is 35.5. The lowest BCUT2D eigenvalue weighted by Gasteiger charge is -2.01. The summed E-state index contributed by atoms with van der Waals surface area (Å²) in [5.41, 5.74) is 2.86. The summed E-state index contributed by atoms with van der Waals surface area (Å²) in [5, 5.41) is 12.0. The third-order valence-corrected chi connectivity index (χ3v) is 2.00. The first-order valence-electron chi connectivity index (χ1n) is 3.67. The zero-order chi connectivity index (χ0) is 11.4. The number of halogens is 3. The number of aliphatic carboxylic acids is 1. The third kappa shape index (κ3) is 3.95. The molecule has 1 rings (SSSR count). The molecule has 1 aromatic rings. The van der Waals surface area contributed by atoms with Gasteiger partial charge in [0.05, 0.1) is 5.69 Å². The topological polar surface area (TPSA) is 61.7 Å². The molecule has 0 fully saturated rings. The number of nitrogens with zero attached hydrogens (tertiary/aromatic N) is 1. The van der Waals surface area contributed by atoms with Gasteiger partial charge in [0.2, 0.25) is 5.17 Å². The van der Waals surface area contributed by atoms with E-state index < -0.39 is 11.1 Å². The number of nitrogens with one attached hydrogen (secondary N) is 1. The van der Waals surface area contributed by atoms with E-state index in [9.17, 15) is 4.79 Å². The molecule has 0 spiro atoms. The standard InChI is InChI=1S/C8H5Cl3N2O2/c9-4-1-5(10)3-6(2-4)12-13-7(11)8(14)15/h1-3,12H,(H,14,15)/b13-7+. The smallest absolute Gasteiger partial charge is 0.368 e.